The van der Waals surface area contributed by atoms with Gasteiger partial charge in [0.2, 0.25) is 0 Å². The first-order valence-corrected chi connectivity index (χ1v) is 6.16. The van der Waals surface area contributed by atoms with Crippen molar-refractivity contribution in [3.05, 3.63) is 0 Å². The lowest BCUT2D eigenvalue weighted by Crippen LogP contribution is -2.44. The Hall–Kier alpha value is -0.730. The molecule has 1 aliphatic rings. The summed E-state index contributed by atoms with van der Waals surface area (Å²) in [6.07, 6.45) is 5.23. The molecule has 0 aromatic heterocycles. The van der Waals surface area contributed by atoms with E-state index >= 15 is 0 Å². The second kappa shape index (κ2) is 5.99. The van der Waals surface area contributed by atoms with Gasteiger partial charge in [0.1, 0.15) is 0 Å². The molecule has 1 aliphatic carbocycles. The van der Waals surface area contributed by atoms with Gasteiger partial charge in [-0.25, -0.2) is 0 Å². The van der Waals surface area contributed by atoms with E-state index in [2.05, 4.69) is 31.1 Å². The topological polar surface area (TPSA) is 50.4 Å². The third-order valence-corrected chi connectivity index (χ3v) is 3.07. The summed E-state index contributed by atoms with van der Waals surface area (Å²) in [5, 5.41) is 3.35. The maximum absolute atomic E-state index is 5.85. The van der Waals surface area contributed by atoms with Gasteiger partial charge in [-0.1, -0.05) is 33.6 Å². The standard InChI is InChI=1S/C12H25N3/c1-9(2)8-14-12(13)15-11-7-5-4-6-10(11)3/h9-11H,4-8H2,1-3H3,(H3,13,14,15). The highest BCUT2D eigenvalue weighted by Gasteiger charge is 2.21. The molecular formula is C12H25N3. The molecule has 1 rings (SSSR count). The number of rotatable bonds is 3. The summed E-state index contributed by atoms with van der Waals surface area (Å²) < 4.78 is 0. The maximum atomic E-state index is 5.85. The molecule has 3 N–H and O–H groups in total. The summed E-state index contributed by atoms with van der Waals surface area (Å²) in [7, 11) is 0. The van der Waals surface area contributed by atoms with Crippen molar-refractivity contribution in [3.8, 4) is 0 Å². The van der Waals surface area contributed by atoms with Crippen molar-refractivity contribution < 1.29 is 0 Å². The average Bonchev–Trinajstić information content (AvgIpc) is 2.18. The predicted octanol–water partition coefficient (Wildman–Crippen LogP) is 2.13. The van der Waals surface area contributed by atoms with Crippen LogP contribution in [0.3, 0.4) is 0 Å². The Morgan fingerprint density at radius 2 is 2.07 bits per heavy atom. The molecule has 0 aliphatic heterocycles. The van der Waals surface area contributed by atoms with E-state index in [1.165, 1.54) is 25.7 Å². The van der Waals surface area contributed by atoms with E-state index in [4.69, 9.17) is 5.73 Å². The Bertz CT molecular complexity index is 211. The summed E-state index contributed by atoms with van der Waals surface area (Å²) in [5.74, 6) is 1.93. The van der Waals surface area contributed by atoms with Crippen molar-refractivity contribution in [2.45, 2.75) is 52.5 Å². The van der Waals surface area contributed by atoms with Gasteiger partial charge in [0.25, 0.3) is 0 Å². The highest BCUT2D eigenvalue weighted by atomic mass is 15.1. The Morgan fingerprint density at radius 3 is 2.67 bits per heavy atom. The van der Waals surface area contributed by atoms with Crippen molar-refractivity contribution in [2.24, 2.45) is 22.6 Å². The van der Waals surface area contributed by atoms with E-state index in [9.17, 15) is 0 Å². The van der Waals surface area contributed by atoms with Crippen LogP contribution in [-0.4, -0.2) is 18.5 Å². The molecule has 15 heavy (non-hydrogen) atoms. The number of hydrogen-bond acceptors (Lipinski definition) is 1. The lowest BCUT2D eigenvalue weighted by molar-refractivity contribution is 0.308. The molecule has 0 heterocycles. The van der Waals surface area contributed by atoms with Gasteiger partial charge in [-0.05, 0) is 24.7 Å². The molecule has 2 atom stereocenters. The molecule has 3 heteroatoms. The van der Waals surface area contributed by atoms with Crippen LogP contribution in [0.5, 0.6) is 0 Å². The molecule has 0 aromatic rings. The van der Waals surface area contributed by atoms with Crippen molar-refractivity contribution in [1.29, 1.82) is 0 Å². The zero-order valence-electron chi connectivity index (χ0n) is 10.3. The van der Waals surface area contributed by atoms with Gasteiger partial charge >= 0.3 is 0 Å². The van der Waals surface area contributed by atoms with Crippen LogP contribution < -0.4 is 11.1 Å². The maximum Gasteiger partial charge on any atom is 0.188 e. The van der Waals surface area contributed by atoms with Crippen LogP contribution in [-0.2, 0) is 0 Å². The highest BCUT2D eigenvalue weighted by Crippen LogP contribution is 2.23. The summed E-state index contributed by atoms with van der Waals surface area (Å²) in [4.78, 5) is 4.34. The predicted molar refractivity (Wildman–Crippen MR) is 65.9 cm³/mol. The number of nitrogens with zero attached hydrogens (tertiary/aromatic N) is 1. The van der Waals surface area contributed by atoms with Crippen LogP contribution in [0.2, 0.25) is 0 Å². The molecular weight excluding hydrogens is 186 g/mol. The highest BCUT2D eigenvalue weighted by molar-refractivity contribution is 5.78. The second-order valence-electron chi connectivity index (χ2n) is 5.13. The third kappa shape index (κ3) is 4.54. The lowest BCUT2D eigenvalue weighted by Gasteiger charge is -2.29. The van der Waals surface area contributed by atoms with Crippen molar-refractivity contribution in [3.63, 3.8) is 0 Å². The van der Waals surface area contributed by atoms with Crippen molar-refractivity contribution >= 4 is 5.96 Å². The summed E-state index contributed by atoms with van der Waals surface area (Å²) in [6.45, 7) is 7.42. The average molecular weight is 211 g/mol. The van der Waals surface area contributed by atoms with E-state index < -0.39 is 0 Å². The van der Waals surface area contributed by atoms with E-state index in [1.54, 1.807) is 0 Å². The van der Waals surface area contributed by atoms with Crippen LogP contribution in [0, 0.1) is 11.8 Å². The monoisotopic (exact) mass is 211 g/mol. The van der Waals surface area contributed by atoms with E-state index in [-0.39, 0.29) is 0 Å². The van der Waals surface area contributed by atoms with E-state index in [0.29, 0.717) is 17.9 Å². The van der Waals surface area contributed by atoms with Crippen LogP contribution in [0.1, 0.15) is 46.5 Å². The minimum Gasteiger partial charge on any atom is -0.370 e. The molecule has 1 fully saturated rings. The van der Waals surface area contributed by atoms with Gasteiger partial charge < -0.3 is 11.1 Å². The Labute approximate surface area is 93.5 Å². The van der Waals surface area contributed by atoms with Crippen LogP contribution in [0.15, 0.2) is 4.99 Å². The van der Waals surface area contributed by atoms with E-state index in [1.807, 2.05) is 0 Å². The molecule has 88 valence electrons. The first kappa shape index (κ1) is 12.3. The number of aliphatic imine (C=N–C) groups is 1. The van der Waals surface area contributed by atoms with Gasteiger partial charge in [-0.15, -0.1) is 0 Å². The second-order valence-corrected chi connectivity index (χ2v) is 5.13. The van der Waals surface area contributed by atoms with Gasteiger partial charge in [0, 0.05) is 12.6 Å². The summed E-state index contributed by atoms with van der Waals surface area (Å²) in [6, 6.07) is 0.537. The fraction of sp³-hybridized carbons (Fsp3) is 0.917. The SMILES string of the molecule is CC(C)CN=C(N)NC1CCCCC1C. The summed E-state index contributed by atoms with van der Waals surface area (Å²) >= 11 is 0. The Balaban J connectivity index is 2.35. The Kier molecular flexibility index (Phi) is 4.92. The van der Waals surface area contributed by atoms with Gasteiger partial charge in [-0.3, -0.25) is 4.99 Å². The van der Waals surface area contributed by atoms with Gasteiger partial charge in [0.15, 0.2) is 5.96 Å². The minimum absolute atomic E-state index is 0.537. The molecule has 0 bridgehead atoms. The zero-order chi connectivity index (χ0) is 11.3. The number of guanidine groups is 1. The van der Waals surface area contributed by atoms with E-state index in [0.717, 1.165) is 12.5 Å². The molecule has 2 unspecified atom stereocenters. The normalized spacial score (nSPS) is 28.1. The third-order valence-electron chi connectivity index (χ3n) is 3.07. The molecule has 0 spiro atoms. The number of hydrogen-bond donors (Lipinski definition) is 2. The minimum atomic E-state index is 0.537. The molecule has 1 saturated carbocycles. The Morgan fingerprint density at radius 1 is 1.40 bits per heavy atom. The smallest absolute Gasteiger partial charge is 0.188 e. The largest absolute Gasteiger partial charge is 0.370 e. The first-order chi connectivity index (χ1) is 7.09. The zero-order valence-corrected chi connectivity index (χ0v) is 10.3. The number of nitrogens with two attached hydrogens (primary N) is 1. The quantitative estimate of drug-likeness (QED) is 0.555. The van der Waals surface area contributed by atoms with Crippen LogP contribution in [0.25, 0.3) is 0 Å². The van der Waals surface area contributed by atoms with Gasteiger partial charge in [0.05, 0.1) is 0 Å². The first-order valence-electron chi connectivity index (χ1n) is 6.16. The van der Waals surface area contributed by atoms with Crippen molar-refractivity contribution in [2.75, 3.05) is 6.54 Å². The summed E-state index contributed by atoms with van der Waals surface area (Å²) in [5.41, 5.74) is 5.85. The fourth-order valence-corrected chi connectivity index (χ4v) is 2.05. The van der Waals surface area contributed by atoms with Crippen molar-refractivity contribution in [1.82, 2.24) is 5.32 Å². The molecule has 0 aromatic carbocycles. The fourth-order valence-electron chi connectivity index (χ4n) is 2.05. The molecule has 0 radical (unpaired) electrons. The van der Waals surface area contributed by atoms with Crippen LogP contribution >= 0.6 is 0 Å². The lowest BCUT2D eigenvalue weighted by atomic mass is 9.86. The van der Waals surface area contributed by atoms with Gasteiger partial charge in [-0.2, -0.15) is 0 Å². The van der Waals surface area contributed by atoms with Crippen LogP contribution in [0.4, 0.5) is 0 Å². The molecule has 3 nitrogen and oxygen atoms in total. The number of nitrogens with one attached hydrogen (secondary N) is 1. The molecule has 0 saturated heterocycles. The molecule has 0 amide bonds.